The van der Waals surface area contributed by atoms with E-state index in [1.165, 1.54) is 0 Å². The van der Waals surface area contributed by atoms with Gasteiger partial charge in [-0.2, -0.15) is 0 Å². The molecule has 0 aromatic rings. The van der Waals surface area contributed by atoms with Crippen LogP contribution in [0.15, 0.2) is 0 Å². The van der Waals surface area contributed by atoms with Gasteiger partial charge in [-0.1, -0.05) is 55.4 Å². The molecule has 0 aliphatic carbocycles. The van der Waals surface area contributed by atoms with E-state index in [0.717, 1.165) is 12.8 Å². The molecule has 0 saturated carbocycles. The number of hydrogen-bond acceptors (Lipinski definition) is 2. The molecule has 21 heavy (non-hydrogen) atoms. The van der Waals surface area contributed by atoms with Crippen molar-refractivity contribution >= 4 is 0 Å². The van der Waals surface area contributed by atoms with Crippen molar-refractivity contribution in [3.05, 3.63) is 0 Å². The van der Waals surface area contributed by atoms with Gasteiger partial charge in [0.2, 0.25) is 0 Å². The molecule has 1 saturated heterocycles. The average Bonchev–Trinajstić information content (AvgIpc) is 2.62. The average molecular weight is 299 g/mol. The molecule has 4 unspecified atom stereocenters. The third kappa shape index (κ3) is 4.22. The minimum atomic E-state index is -0.392. The third-order valence-electron chi connectivity index (χ3n) is 4.93. The predicted octanol–water partition coefficient (Wildman–Crippen LogP) is 5.36. The van der Waals surface area contributed by atoms with Crippen molar-refractivity contribution in [2.75, 3.05) is 7.11 Å². The summed E-state index contributed by atoms with van der Waals surface area (Å²) < 4.78 is 12.7. The molecule has 0 bridgehead atoms. The number of hydrogen-bond donors (Lipinski definition) is 0. The van der Waals surface area contributed by atoms with Crippen LogP contribution in [0.2, 0.25) is 0 Å². The molecule has 0 N–H and O–H groups in total. The number of methoxy groups -OCH3 is 1. The van der Waals surface area contributed by atoms with Crippen LogP contribution in [-0.4, -0.2) is 19.0 Å². The highest BCUT2D eigenvalue weighted by Crippen LogP contribution is 2.52. The second-order valence-electron chi connectivity index (χ2n) is 8.49. The number of ether oxygens (including phenoxy) is 2. The van der Waals surface area contributed by atoms with Crippen LogP contribution in [0.3, 0.4) is 0 Å². The second-order valence-corrected chi connectivity index (χ2v) is 8.49. The highest BCUT2D eigenvalue weighted by molar-refractivity contribution is 4.98. The molecule has 0 aromatic heterocycles. The van der Waals surface area contributed by atoms with Crippen LogP contribution in [0.25, 0.3) is 0 Å². The Labute approximate surface area is 133 Å². The Morgan fingerprint density at radius 1 is 0.905 bits per heavy atom. The fraction of sp³-hybridized carbons (Fsp3) is 1.00. The minimum absolute atomic E-state index is 0.330. The van der Waals surface area contributed by atoms with Gasteiger partial charge in [0.25, 0.3) is 0 Å². The molecule has 1 heterocycles. The fourth-order valence-electron chi connectivity index (χ4n) is 4.42. The molecule has 126 valence electrons. The van der Waals surface area contributed by atoms with Crippen molar-refractivity contribution in [3.8, 4) is 0 Å². The van der Waals surface area contributed by atoms with Crippen molar-refractivity contribution < 1.29 is 9.47 Å². The van der Waals surface area contributed by atoms with Crippen LogP contribution in [0.1, 0.15) is 68.2 Å². The van der Waals surface area contributed by atoms with Gasteiger partial charge in [0.15, 0.2) is 5.79 Å². The molecule has 0 amide bonds. The van der Waals surface area contributed by atoms with Gasteiger partial charge < -0.3 is 9.47 Å². The van der Waals surface area contributed by atoms with E-state index in [-0.39, 0.29) is 0 Å². The van der Waals surface area contributed by atoms with E-state index >= 15 is 0 Å². The zero-order valence-corrected chi connectivity index (χ0v) is 15.8. The van der Waals surface area contributed by atoms with Gasteiger partial charge in [-0.15, -0.1) is 0 Å². The van der Waals surface area contributed by atoms with Crippen molar-refractivity contribution in [1.29, 1.82) is 0 Å². The monoisotopic (exact) mass is 298 g/mol. The lowest BCUT2D eigenvalue weighted by Crippen LogP contribution is -2.43. The largest absolute Gasteiger partial charge is 0.353 e. The van der Waals surface area contributed by atoms with Crippen LogP contribution >= 0.6 is 0 Å². The summed E-state index contributed by atoms with van der Waals surface area (Å²) in [5.74, 6) is 3.13. The summed E-state index contributed by atoms with van der Waals surface area (Å²) in [7, 11) is 1.84. The van der Waals surface area contributed by atoms with Gasteiger partial charge in [-0.3, -0.25) is 0 Å². The van der Waals surface area contributed by atoms with E-state index < -0.39 is 5.79 Å². The molecule has 1 aliphatic rings. The standard InChI is InChI=1S/C19H38O2/c1-12(2)10-16-17(14(5)6)18(15(7)8)19(20-9,21-16)11-13(3)4/h12-18H,10-11H2,1-9H3. The maximum atomic E-state index is 6.65. The maximum Gasteiger partial charge on any atom is 0.171 e. The Bertz CT molecular complexity index is 309. The summed E-state index contributed by atoms with van der Waals surface area (Å²) >= 11 is 0. The first-order valence-corrected chi connectivity index (χ1v) is 8.87. The van der Waals surface area contributed by atoms with Crippen molar-refractivity contribution in [1.82, 2.24) is 0 Å². The Kier molecular flexibility index (Phi) is 6.74. The van der Waals surface area contributed by atoms with E-state index in [9.17, 15) is 0 Å². The summed E-state index contributed by atoms with van der Waals surface area (Å²) in [6.45, 7) is 18.5. The topological polar surface area (TPSA) is 18.5 Å². The summed E-state index contributed by atoms with van der Waals surface area (Å²) in [6.07, 6.45) is 2.45. The predicted molar refractivity (Wildman–Crippen MR) is 90.2 cm³/mol. The molecule has 1 rings (SSSR count). The first-order chi connectivity index (χ1) is 9.64. The van der Waals surface area contributed by atoms with E-state index in [4.69, 9.17) is 9.47 Å². The Hall–Kier alpha value is -0.0800. The summed E-state index contributed by atoms with van der Waals surface area (Å²) in [5.41, 5.74) is 0. The van der Waals surface area contributed by atoms with E-state index in [0.29, 0.717) is 41.6 Å². The van der Waals surface area contributed by atoms with E-state index in [1.807, 2.05) is 7.11 Å². The Morgan fingerprint density at radius 2 is 1.48 bits per heavy atom. The van der Waals surface area contributed by atoms with Crippen molar-refractivity contribution in [3.63, 3.8) is 0 Å². The van der Waals surface area contributed by atoms with Gasteiger partial charge in [0, 0.05) is 19.4 Å². The highest BCUT2D eigenvalue weighted by atomic mass is 16.7. The van der Waals surface area contributed by atoms with Gasteiger partial charge in [-0.25, -0.2) is 0 Å². The first-order valence-electron chi connectivity index (χ1n) is 8.87. The second kappa shape index (κ2) is 7.46. The van der Waals surface area contributed by atoms with Crippen LogP contribution in [0.5, 0.6) is 0 Å². The molecular formula is C19H38O2. The first kappa shape index (κ1) is 19.0. The molecular weight excluding hydrogens is 260 g/mol. The minimum Gasteiger partial charge on any atom is -0.353 e. The van der Waals surface area contributed by atoms with Gasteiger partial charge in [-0.05, 0) is 36.0 Å². The Balaban J connectivity index is 3.17. The van der Waals surface area contributed by atoms with Gasteiger partial charge in [0.05, 0.1) is 6.10 Å². The van der Waals surface area contributed by atoms with Crippen LogP contribution in [-0.2, 0) is 9.47 Å². The molecule has 2 nitrogen and oxygen atoms in total. The summed E-state index contributed by atoms with van der Waals surface area (Å²) in [4.78, 5) is 0. The Morgan fingerprint density at radius 3 is 1.81 bits per heavy atom. The molecule has 4 atom stereocenters. The normalized spacial score (nSPS) is 33.9. The van der Waals surface area contributed by atoms with Crippen molar-refractivity contribution in [2.45, 2.75) is 80.1 Å². The van der Waals surface area contributed by atoms with E-state index in [1.54, 1.807) is 0 Å². The molecule has 1 fully saturated rings. The lowest BCUT2D eigenvalue weighted by atomic mass is 9.70. The molecule has 0 radical (unpaired) electrons. The molecule has 1 aliphatic heterocycles. The third-order valence-corrected chi connectivity index (χ3v) is 4.93. The smallest absolute Gasteiger partial charge is 0.171 e. The lowest BCUT2D eigenvalue weighted by Gasteiger charge is -2.39. The van der Waals surface area contributed by atoms with Gasteiger partial charge in [0.1, 0.15) is 0 Å². The SMILES string of the molecule is COC1(CC(C)C)OC(CC(C)C)C(C(C)C)C1C(C)C. The summed E-state index contributed by atoms with van der Waals surface area (Å²) in [6, 6.07) is 0. The van der Waals surface area contributed by atoms with E-state index in [2.05, 4.69) is 55.4 Å². The maximum absolute atomic E-state index is 6.65. The fourth-order valence-corrected chi connectivity index (χ4v) is 4.42. The quantitative estimate of drug-likeness (QED) is 0.629. The van der Waals surface area contributed by atoms with Crippen molar-refractivity contribution in [2.24, 2.45) is 35.5 Å². The zero-order chi connectivity index (χ0) is 16.4. The van der Waals surface area contributed by atoms with Crippen LogP contribution in [0, 0.1) is 35.5 Å². The molecule has 2 heteroatoms. The van der Waals surface area contributed by atoms with Crippen LogP contribution in [0.4, 0.5) is 0 Å². The van der Waals surface area contributed by atoms with Gasteiger partial charge >= 0.3 is 0 Å². The molecule has 0 aromatic carbocycles. The number of rotatable bonds is 7. The zero-order valence-electron chi connectivity index (χ0n) is 15.8. The van der Waals surface area contributed by atoms with Crippen LogP contribution < -0.4 is 0 Å². The summed E-state index contributed by atoms with van der Waals surface area (Å²) in [5, 5.41) is 0. The highest BCUT2D eigenvalue weighted by Gasteiger charge is 2.56. The lowest BCUT2D eigenvalue weighted by molar-refractivity contribution is -0.246. The molecule has 0 spiro atoms.